The number of hydrogen-bond donors (Lipinski definition) is 15. The third-order valence-corrected chi connectivity index (χ3v) is 23.1. The van der Waals surface area contributed by atoms with E-state index in [4.69, 9.17) is 5.73 Å². The summed E-state index contributed by atoms with van der Waals surface area (Å²) in [5.74, 6) is -25.1. The first-order chi connectivity index (χ1) is 60.0. The zero-order valence-corrected chi connectivity index (χ0v) is 72.0. The van der Waals surface area contributed by atoms with E-state index >= 15 is 0 Å². The average molecular weight is 1810 g/mol. The number of fused-ring (bicyclic) bond motifs is 1. The van der Waals surface area contributed by atoms with E-state index in [1.54, 1.807) is 54.6 Å². The summed E-state index contributed by atoms with van der Waals surface area (Å²) in [7, 11) is 5.18. The third kappa shape index (κ3) is 36.3. The SMILES string of the molecule is C=C/C=C\C=C\C[C@H](NC(=O)c1cnc(CSSC[C@H](CC(=O)[C@H](CC(=O)O)NC(=O)[C@H](CC(=O)O)CC(=O)[C@H](CC(=O)O)NC(=O)[C@H](CSSCc2cnc(C(=O)N[C@@H](Cc3ccccc3)C(=O)N[C@H](B=O)CC(C)C)cn2)CC(=O)CC[C@H](NC(=O)c2ccc(NCc3cnc4nc(N)[nH]c(=O)c4n3)cc2)C(=O)O)C(=O)O)cn1)C(=O)N[C@H](B=O)CC(C)C. The summed E-state index contributed by atoms with van der Waals surface area (Å²) in [4.78, 5) is 244. The molecule has 0 fully saturated rings. The first-order valence-electron chi connectivity index (χ1n) is 39.2. The van der Waals surface area contributed by atoms with Crippen molar-refractivity contribution in [1.82, 2.24) is 77.1 Å². The van der Waals surface area contributed by atoms with Crippen molar-refractivity contribution in [3.63, 3.8) is 0 Å². The molecule has 40 nitrogen and oxygen atoms in total. The Balaban J connectivity index is 1.13. The van der Waals surface area contributed by atoms with E-state index in [1.807, 2.05) is 27.7 Å². The summed E-state index contributed by atoms with van der Waals surface area (Å²) < 4.78 is 23.6. The molecule has 46 heteroatoms. The fourth-order valence-electron chi connectivity index (χ4n) is 11.9. The molecule has 7 amide bonds. The van der Waals surface area contributed by atoms with Crippen LogP contribution in [0.4, 0.5) is 11.6 Å². The number of ketones is 3. The van der Waals surface area contributed by atoms with E-state index in [1.165, 1.54) is 48.9 Å². The van der Waals surface area contributed by atoms with Crippen LogP contribution in [0.1, 0.15) is 152 Å². The summed E-state index contributed by atoms with van der Waals surface area (Å²) in [6.45, 7) is 11.1. The summed E-state index contributed by atoms with van der Waals surface area (Å²) >= 11 is 0. The van der Waals surface area contributed by atoms with Gasteiger partial charge in [0.1, 0.15) is 11.8 Å². The molecule has 10 atom stereocenters. The molecule has 4 heterocycles. The Morgan fingerprint density at radius 3 is 1.53 bits per heavy atom. The molecular formula is C80H95B2N17O23S4. The number of rotatable bonds is 58. The number of carboxylic acids is 5. The van der Waals surface area contributed by atoms with E-state index in [0.29, 0.717) is 49.8 Å². The number of nitrogens with one attached hydrogen (secondary N) is 9. The van der Waals surface area contributed by atoms with E-state index in [0.717, 1.165) is 55.6 Å². The van der Waals surface area contributed by atoms with Crippen molar-refractivity contribution < 1.29 is 107 Å². The Bertz CT molecular complexity index is 5000. The van der Waals surface area contributed by atoms with Crippen LogP contribution in [0.5, 0.6) is 0 Å². The van der Waals surface area contributed by atoms with Gasteiger partial charge in [0.15, 0.2) is 22.7 Å². The normalized spacial score (nSPS) is 13.6. The van der Waals surface area contributed by atoms with Gasteiger partial charge in [0, 0.05) is 48.4 Å². The average Bonchev–Trinajstić information content (AvgIpc) is 0.805. The molecule has 0 saturated carbocycles. The van der Waals surface area contributed by atoms with Gasteiger partial charge in [-0.1, -0.05) is 21.6 Å². The number of carbonyl (C=O) groups excluding carboxylic acids is 10. The van der Waals surface area contributed by atoms with Crippen LogP contribution in [0.25, 0.3) is 11.2 Å². The molecule has 0 bridgehead atoms. The number of nitrogens with zero attached hydrogens (tertiary/aromatic N) is 7. The van der Waals surface area contributed by atoms with Crippen LogP contribution < -0.4 is 53.8 Å². The number of carboxylic acid groups (broad SMARTS) is 5. The molecule has 16 N–H and O–H groups in total. The van der Waals surface area contributed by atoms with Crippen LogP contribution in [-0.2, 0) is 91.4 Å². The molecule has 126 heavy (non-hydrogen) atoms. The molecule has 0 aliphatic rings. The molecule has 2 aromatic carbocycles. The van der Waals surface area contributed by atoms with Crippen molar-refractivity contribution in [1.29, 1.82) is 0 Å². The Hall–Kier alpha value is -12.6. The van der Waals surface area contributed by atoms with Crippen LogP contribution >= 0.6 is 43.2 Å². The number of carbonyl (C=O) groups is 15. The van der Waals surface area contributed by atoms with Gasteiger partial charge in [-0.3, -0.25) is 57.7 Å². The molecule has 4 aromatic heterocycles. The standard InChI is InChI=1S/C80H95B2N17O23S4/c1-6-7-8-9-13-16-54(73(112)96-63(81-121)23-42(2)3)91-75(114)59-36-85-52(34-87-59)41-126-124-39-48(78(117)118)28-62(102)57(31-67(107)108)93-71(110)46(29-65(103)104)27-61(101)56(30-66(105)106)94-72(111)47(38-123-125-40-51-35-88-60(37-86-51)76(115)95-58(25-44-14-11-10-12-15-44)74(113)97-64(82-122)24-43(4)5)26-53(100)21-22-55(79(119)120)92-70(109)45-17-19-49(20-18-45)84-32-50-33-89-69-68(90-50)77(116)99-80(83)98-69/h6-15,17-20,33-37,42-43,46-48,54-58,63-64,84H,1,16,21-32,38-41H2,2-5H3,(H,91,114)(H,92,109)(H,93,110)(H,94,111)(H,95,115)(H,96,112)(H,97,113)(H,103,104)(H,105,106)(H,107,108)(H,117,118)(H,119,120)(H3,83,89,98,99,116)/b8-7-,13-9+/t46-,47-,48-,54-,55-,56-,57-,58-,63-,64-/m0/s1. The van der Waals surface area contributed by atoms with Crippen LogP contribution in [-0.4, -0.2) is 222 Å². The maximum absolute atomic E-state index is 14.5. The van der Waals surface area contributed by atoms with Crippen molar-refractivity contribution in [2.75, 3.05) is 22.6 Å². The van der Waals surface area contributed by atoms with Crippen molar-refractivity contribution in [2.45, 2.75) is 165 Å². The number of H-pyrrole nitrogens is 1. The van der Waals surface area contributed by atoms with Gasteiger partial charge in [-0.2, -0.15) is 4.98 Å². The van der Waals surface area contributed by atoms with Gasteiger partial charge in [0.2, 0.25) is 17.8 Å². The Morgan fingerprint density at radius 2 is 1.02 bits per heavy atom. The number of aliphatic carboxylic acids is 5. The molecule has 0 unspecified atom stereocenters. The number of benzene rings is 2. The summed E-state index contributed by atoms with van der Waals surface area (Å²) in [6.07, 6.45) is 7.41. The number of amides is 7. The van der Waals surface area contributed by atoms with Crippen LogP contribution in [0.3, 0.4) is 0 Å². The molecule has 668 valence electrons. The van der Waals surface area contributed by atoms with Gasteiger partial charge >= 0.3 is 380 Å². The Labute approximate surface area is 738 Å². The molecule has 0 aliphatic carbocycles. The third-order valence-electron chi connectivity index (χ3n) is 18.3. The number of allylic oxidation sites excluding steroid dienone is 4. The molecule has 6 rings (SSSR count). The predicted molar refractivity (Wildman–Crippen MR) is 465 cm³/mol. The fraction of sp³-hybridized carbons (Fsp3) is 0.412. The van der Waals surface area contributed by atoms with Gasteiger partial charge in [0.25, 0.3) is 11.5 Å². The molecule has 0 aliphatic heterocycles. The second kappa shape index (κ2) is 52.9. The van der Waals surface area contributed by atoms with Crippen LogP contribution in [0.2, 0.25) is 0 Å². The zero-order valence-electron chi connectivity index (χ0n) is 68.7. The molecule has 0 radical (unpaired) electrons. The summed E-state index contributed by atoms with van der Waals surface area (Å²) in [5, 5.41) is 70.8. The molecule has 6 aromatic rings. The van der Waals surface area contributed by atoms with Gasteiger partial charge in [0.05, 0.1) is 67.5 Å². The van der Waals surface area contributed by atoms with Crippen molar-refractivity contribution in [3.8, 4) is 0 Å². The number of aromatic nitrogens is 8. The quantitative estimate of drug-likeness (QED) is 0.0111. The van der Waals surface area contributed by atoms with Gasteiger partial charge in [-0.15, -0.1) is 0 Å². The Kier molecular flexibility index (Phi) is 42.9. The predicted octanol–water partition coefficient (Wildman–Crippen LogP) is 4.02. The maximum atomic E-state index is 14.5. The van der Waals surface area contributed by atoms with E-state index in [-0.39, 0.29) is 94.0 Å². The number of anilines is 2. The zero-order chi connectivity index (χ0) is 92.5. The minimum atomic E-state index is -2.09. The van der Waals surface area contributed by atoms with Gasteiger partial charge in [-0.05, 0) is 30.7 Å². The molecular weight excluding hydrogens is 1720 g/mol. The Morgan fingerprint density at radius 1 is 0.508 bits per heavy atom. The first kappa shape index (κ1) is 102. The minimum absolute atomic E-state index is 0.000342. The molecule has 0 spiro atoms. The number of nitrogen functional groups attached to an aromatic ring is 1. The van der Waals surface area contributed by atoms with Gasteiger partial charge in [-0.25, -0.2) is 14.8 Å². The van der Waals surface area contributed by atoms with Crippen LogP contribution in [0, 0.1) is 29.6 Å². The number of aromatic amines is 1. The van der Waals surface area contributed by atoms with E-state index < -0.39 is 205 Å². The number of hydrogen-bond acceptors (Lipinski definition) is 31. The van der Waals surface area contributed by atoms with Crippen molar-refractivity contribution >= 4 is 169 Å². The second-order valence-corrected chi connectivity index (χ2v) is 34.4. The van der Waals surface area contributed by atoms with E-state index in [9.17, 15) is 112 Å². The van der Waals surface area contributed by atoms with Crippen LogP contribution in [0.15, 0.2) is 127 Å². The summed E-state index contributed by atoms with van der Waals surface area (Å²) in [5.41, 5.74) is 6.59. The topological polar surface area (TPSA) is 637 Å². The fourth-order valence-corrected chi connectivity index (χ4v) is 16.4. The first-order valence-corrected chi connectivity index (χ1v) is 44.2. The second-order valence-electron chi connectivity index (χ2n) is 29.4. The molecule has 0 saturated heterocycles. The number of Topliss-reactive ketones (excluding diaryl/α,β-unsaturated/α-hetero) is 3. The monoisotopic (exact) mass is 1810 g/mol. The van der Waals surface area contributed by atoms with Crippen molar-refractivity contribution in [3.05, 3.63) is 172 Å². The summed E-state index contributed by atoms with van der Waals surface area (Å²) in [6, 6.07) is 6.32. The van der Waals surface area contributed by atoms with Gasteiger partial charge < -0.3 is 52.5 Å². The van der Waals surface area contributed by atoms with E-state index in [2.05, 4.69) is 89.0 Å². The number of nitrogens with two attached hydrogens (primary N) is 1. The van der Waals surface area contributed by atoms with Crippen molar-refractivity contribution in [2.24, 2.45) is 29.6 Å².